The fourth-order valence-corrected chi connectivity index (χ4v) is 2.76. The molecule has 20 heavy (non-hydrogen) atoms. The molecule has 1 unspecified atom stereocenters. The van der Waals surface area contributed by atoms with E-state index in [2.05, 4.69) is 5.32 Å². The van der Waals surface area contributed by atoms with E-state index in [1.807, 2.05) is 25.1 Å². The minimum atomic E-state index is -3.42. The average molecular weight is 294 g/mol. The van der Waals surface area contributed by atoms with E-state index in [9.17, 15) is 8.42 Å². The second kappa shape index (κ2) is 5.68. The lowest BCUT2D eigenvalue weighted by Gasteiger charge is -2.15. The molecule has 1 aromatic heterocycles. The summed E-state index contributed by atoms with van der Waals surface area (Å²) in [4.78, 5) is 0.263. The first-order valence-electron chi connectivity index (χ1n) is 6.24. The number of nitrogens with one attached hydrogen (secondary N) is 1. The lowest BCUT2D eigenvalue weighted by molar-refractivity contribution is 0.490. The van der Waals surface area contributed by atoms with Crippen LogP contribution in [-0.2, 0) is 10.0 Å². The zero-order chi connectivity index (χ0) is 14.8. The summed E-state index contributed by atoms with van der Waals surface area (Å²) in [5, 5.41) is 3.22. The molecule has 0 saturated carbocycles. The number of rotatable bonds is 5. The predicted molar refractivity (Wildman–Crippen MR) is 78.1 cm³/mol. The maximum Gasteiger partial charge on any atom is 0.242 e. The van der Waals surface area contributed by atoms with Crippen LogP contribution in [0, 0.1) is 0 Å². The Morgan fingerprint density at radius 2 is 1.95 bits per heavy atom. The van der Waals surface area contributed by atoms with E-state index in [4.69, 9.17) is 4.42 Å². The molecule has 1 heterocycles. The standard InChI is InChI=1S/C14H18N2O3S/c1-11(14-8-5-9-19-14)15-12-6-4-7-13(10-12)20(17,18)16(2)3/h4-11,15H,1-3H3. The van der Waals surface area contributed by atoms with E-state index in [0.29, 0.717) is 0 Å². The van der Waals surface area contributed by atoms with Gasteiger partial charge >= 0.3 is 0 Å². The molecule has 0 amide bonds. The minimum Gasteiger partial charge on any atom is -0.467 e. The lowest BCUT2D eigenvalue weighted by Crippen LogP contribution is -2.22. The summed E-state index contributed by atoms with van der Waals surface area (Å²) in [5.74, 6) is 0.797. The number of hydrogen-bond acceptors (Lipinski definition) is 4. The normalized spacial score (nSPS) is 13.4. The maximum atomic E-state index is 12.1. The summed E-state index contributed by atoms with van der Waals surface area (Å²) in [5.41, 5.74) is 0.733. The average Bonchev–Trinajstić information content (AvgIpc) is 2.92. The molecule has 1 atom stereocenters. The molecule has 0 fully saturated rings. The molecule has 0 spiro atoms. The van der Waals surface area contributed by atoms with Crippen molar-refractivity contribution in [3.05, 3.63) is 48.4 Å². The molecule has 1 N–H and O–H groups in total. The highest BCUT2D eigenvalue weighted by molar-refractivity contribution is 7.89. The van der Waals surface area contributed by atoms with E-state index in [1.54, 1.807) is 24.5 Å². The molecule has 5 nitrogen and oxygen atoms in total. The molecule has 0 aliphatic carbocycles. The fraction of sp³-hybridized carbons (Fsp3) is 0.286. The van der Waals surface area contributed by atoms with Crippen LogP contribution in [0.15, 0.2) is 52.0 Å². The van der Waals surface area contributed by atoms with Gasteiger partial charge in [0.05, 0.1) is 17.2 Å². The molecule has 6 heteroatoms. The molecule has 2 rings (SSSR count). The Labute approximate surface area is 119 Å². The van der Waals surface area contributed by atoms with Crippen molar-refractivity contribution in [1.29, 1.82) is 0 Å². The van der Waals surface area contributed by atoms with Crippen molar-refractivity contribution in [2.24, 2.45) is 0 Å². The van der Waals surface area contributed by atoms with Gasteiger partial charge in [0, 0.05) is 19.8 Å². The highest BCUT2D eigenvalue weighted by Gasteiger charge is 2.17. The van der Waals surface area contributed by atoms with Crippen molar-refractivity contribution in [3.8, 4) is 0 Å². The van der Waals surface area contributed by atoms with Crippen LogP contribution in [-0.4, -0.2) is 26.8 Å². The van der Waals surface area contributed by atoms with Crippen LogP contribution in [0.25, 0.3) is 0 Å². The van der Waals surface area contributed by atoms with Crippen molar-refractivity contribution in [3.63, 3.8) is 0 Å². The number of sulfonamides is 1. The Balaban J connectivity index is 2.23. The van der Waals surface area contributed by atoms with Crippen molar-refractivity contribution in [1.82, 2.24) is 4.31 Å². The van der Waals surface area contributed by atoms with E-state index >= 15 is 0 Å². The third kappa shape index (κ3) is 3.02. The maximum absolute atomic E-state index is 12.1. The quantitative estimate of drug-likeness (QED) is 0.921. The number of nitrogens with zero attached hydrogens (tertiary/aromatic N) is 1. The van der Waals surface area contributed by atoms with Crippen molar-refractivity contribution in [2.75, 3.05) is 19.4 Å². The Morgan fingerprint density at radius 3 is 2.55 bits per heavy atom. The number of benzene rings is 1. The SMILES string of the molecule is CC(Nc1cccc(S(=O)(=O)N(C)C)c1)c1ccco1. The van der Waals surface area contributed by atoms with Crippen molar-refractivity contribution < 1.29 is 12.8 Å². The van der Waals surface area contributed by atoms with Crippen LogP contribution in [0.1, 0.15) is 18.7 Å². The molecule has 0 aliphatic rings. The van der Waals surface area contributed by atoms with E-state index in [1.165, 1.54) is 18.4 Å². The summed E-state index contributed by atoms with van der Waals surface area (Å²) in [6, 6.07) is 10.4. The molecular weight excluding hydrogens is 276 g/mol. The van der Waals surface area contributed by atoms with Crippen LogP contribution in [0.3, 0.4) is 0 Å². The Kier molecular flexibility index (Phi) is 4.15. The van der Waals surface area contributed by atoms with E-state index in [0.717, 1.165) is 11.4 Å². The molecule has 0 saturated heterocycles. The number of hydrogen-bond donors (Lipinski definition) is 1. The first-order chi connectivity index (χ1) is 9.41. The van der Waals surface area contributed by atoms with Gasteiger partial charge in [-0.25, -0.2) is 12.7 Å². The third-order valence-corrected chi connectivity index (χ3v) is 4.78. The van der Waals surface area contributed by atoms with Gasteiger partial charge in [0.1, 0.15) is 5.76 Å². The molecule has 2 aromatic rings. The van der Waals surface area contributed by atoms with Crippen LogP contribution in [0.5, 0.6) is 0 Å². The summed E-state index contributed by atoms with van der Waals surface area (Å²) in [6.45, 7) is 1.95. The smallest absolute Gasteiger partial charge is 0.242 e. The van der Waals surface area contributed by atoms with Crippen LogP contribution in [0.2, 0.25) is 0 Å². The van der Waals surface area contributed by atoms with E-state index in [-0.39, 0.29) is 10.9 Å². The Hall–Kier alpha value is -1.79. The van der Waals surface area contributed by atoms with Gasteiger partial charge in [-0.3, -0.25) is 0 Å². The Bertz CT molecular complexity index is 663. The number of furan rings is 1. The fourth-order valence-electron chi connectivity index (χ4n) is 1.82. The molecular formula is C14H18N2O3S. The second-order valence-corrected chi connectivity index (χ2v) is 6.85. The Morgan fingerprint density at radius 1 is 1.20 bits per heavy atom. The minimum absolute atomic E-state index is 0.0395. The van der Waals surface area contributed by atoms with Crippen molar-refractivity contribution in [2.45, 2.75) is 17.9 Å². The zero-order valence-electron chi connectivity index (χ0n) is 11.7. The van der Waals surface area contributed by atoms with Crippen LogP contribution >= 0.6 is 0 Å². The molecule has 1 aromatic carbocycles. The van der Waals surface area contributed by atoms with Crippen LogP contribution < -0.4 is 5.32 Å². The first kappa shape index (κ1) is 14.6. The highest BCUT2D eigenvalue weighted by Crippen LogP contribution is 2.22. The third-order valence-electron chi connectivity index (χ3n) is 2.97. The second-order valence-electron chi connectivity index (χ2n) is 4.70. The highest BCUT2D eigenvalue weighted by atomic mass is 32.2. The van der Waals surface area contributed by atoms with E-state index < -0.39 is 10.0 Å². The van der Waals surface area contributed by atoms with Gasteiger partial charge in [-0.05, 0) is 37.3 Å². The van der Waals surface area contributed by atoms with Crippen molar-refractivity contribution >= 4 is 15.7 Å². The zero-order valence-corrected chi connectivity index (χ0v) is 12.5. The van der Waals surface area contributed by atoms with Gasteiger partial charge in [0.2, 0.25) is 10.0 Å². The molecule has 0 bridgehead atoms. The molecule has 0 aliphatic heterocycles. The monoisotopic (exact) mass is 294 g/mol. The predicted octanol–water partition coefficient (Wildman–Crippen LogP) is 2.70. The summed E-state index contributed by atoms with van der Waals surface area (Å²) >= 11 is 0. The van der Waals surface area contributed by atoms with Gasteiger partial charge in [-0.2, -0.15) is 0 Å². The lowest BCUT2D eigenvalue weighted by atomic mass is 10.2. The van der Waals surface area contributed by atoms with Gasteiger partial charge in [-0.15, -0.1) is 0 Å². The molecule has 108 valence electrons. The number of anilines is 1. The summed E-state index contributed by atoms with van der Waals surface area (Å²) < 4.78 is 30.7. The first-order valence-corrected chi connectivity index (χ1v) is 7.68. The van der Waals surface area contributed by atoms with Gasteiger partial charge in [0.15, 0.2) is 0 Å². The summed E-state index contributed by atoms with van der Waals surface area (Å²) in [6.07, 6.45) is 1.61. The van der Waals surface area contributed by atoms with Gasteiger partial charge < -0.3 is 9.73 Å². The topological polar surface area (TPSA) is 62.6 Å². The summed E-state index contributed by atoms with van der Waals surface area (Å²) in [7, 11) is -0.390. The van der Waals surface area contributed by atoms with Crippen LogP contribution in [0.4, 0.5) is 5.69 Å². The van der Waals surface area contributed by atoms with Gasteiger partial charge in [0.25, 0.3) is 0 Å². The largest absolute Gasteiger partial charge is 0.467 e. The van der Waals surface area contributed by atoms with Gasteiger partial charge in [-0.1, -0.05) is 6.07 Å². The molecule has 0 radical (unpaired) electrons.